The summed E-state index contributed by atoms with van der Waals surface area (Å²) in [5.41, 5.74) is 2.13. The summed E-state index contributed by atoms with van der Waals surface area (Å²) in [5, 5.41) is 3.30. The number of furan rings is 1. The summed E-state index contributed by atoms with van der Waals surface area (Å²) in [6.07, 6.45) is 4.21. The second kappa shape index (κ2) is 7.04. The van der Waals surface area contributed by atoms with E-state index in [4.69, 9.17) is 18.6 Å². The fraction of sp³-hybridized carbons (Fsp3) is 0.375. The van der Waals surface area contributed by atoms with Crippen molar-refractivity contribution in [1.29, 1.82) is 0 Å². The first-order valence-corrected chi connectivity index (χ1v) is 6.72. The molecule has 1 aromatic carbocycles. The Labute approximate surface area is 124 Å². The third-order valence-electron chi connectivity index (χ3n) is 3.48. The highest BCUT2D eigenvalue weighted by atomic mass is 16.5. The first-order chi connectivity index (χ1) is 10.2. The fourth-order valence-corrected chi connectivity index (χ4v) is 2.41. The highest BCUT2D eigenvalue weighted by molar-refractivity contribution is 5.56. The molecule has 0 saturated carbocycles. The average Bonchev–Trinajstić information content (AvgIpc) is 3.04. The smallest absolute Gasteiger partial charge is 0.203 e. The molecule has 0 aliphatic heterocycles. The molecule has 1 heterocycles. The molecule has 114 valence electrons. The summed E-state index contributed by atoms with van der Waals surface area (Å²) in [6, 6.07) is 5.91. The van der Waals surface area contributed by atoms with Crippen molar-refractivity contribution in [2.75, 3.05) is 28.4 Å². The number of nitrogens with one attached hydrogen (secondary N) is 1. The molecule has 0 aliphatic rings. The van der Waals surface area contributed by atoms with Crippen molar-refractivity contribution in [3.63, 3.8) is 0 Å². The summed E-state index contributed by atoms with van der Waals surface area (Å²) < 4.78 is 21.4. The second-order valence-electron chi connectivity index (χ2n) is 4.60. The summed E-state index contributed by atoms with van der Waals surface area (Å²) in [5.74, 6) is 1.93. The molecule has 0 fully saturated rings. The van der Waals surface area contributed by atoms with Crippen LogP contribution in [-0.4, -0.2) is 28.4 Å². The van der Waals surface area contributed by atoms with Crippen LogP contribution < -0.4 is 19.5 Å². The molecule has 5 heteroatoms. The van der Waals surface area contributed by atoms with Gasteiger partial charge in [0.25, 0.3) is 0 Å². The van der Waals surface area contributed by atoms with Crippen LogP contribution in [0.25, 0.3) is 0 Å². The van der Waals surface area contributed by atoms with Crippen LogP contribution in [0.4, 0.5) is 0 Å². The topological polar surface area (TPSA) is 52.9 Å². The van der Waals surface area contributed by atoms with Crippen LogP contribution in [0, 0.1) is 0 Å². The van der Waals surface area contributed by atoms with E-state index >= 15 is 0 Å². The van der Waals surface area contributed by atoms with E-state index in [2.05, 4.69) is 5.32 Å². The average molecular weight is 291 g/mol. The third kappa shape index (κ3) is 3.13. The van der Waals surface area contributed by atoms with Crippen LogP contribution in [0.1, 0.15) is 17.2 Å². The molecule has 1 atom stereocenters. The number of hydrogen-bond donors (Lipinski definition) is 1. The van der Waals surface area contributed by atoms with E-state index in [-0.39, 0.29) is 6.04 Å². The van der Waals surface area contributed by atoms with Crippen molar-refractivity contribution in [3.8, 4) is 17.2 Å². The van der Waals surface area contributed by atoms with Gasteiger partial charge in [-0.1, -0.05) is 0 Å². The highest BCUT2D eigenvalue weighted by Gasteiger charge is 2.21. The SMILES string of the molecule is CNC(Cc1ccoc1)c1ccc(OC)c(OC)c1OC. The standard InChI is InChI=1S/C16H21NO4/c1-17-13(9-11-7-8-21-10-11)12-5-6-14(18-2)16(20-4)15(12)19-3/h5-8,10,13,17H,9H2,1-4H3. The molecule has 5 nitrogen and oxygen atoms in total. The Bertz CT molecular complexity index is 566. The molecule has 0 saturated heterocycles. The Morgan fingerprint density at radius 2 is 1.81 bits per heavy atom. The third-order valence-corrected chi connectivity index (χ3v) is 3.48. The van der Waals surface area contributed by atoms with Gasteiger partial charge in [0, 0.05) is 11.6 Å². The van der Waals surface area contributed by atoms with Gasteiger partial charge < -0.3 is 23.9 Å². The number of methoxy groups -OCH3 is 3. The second-order valence-corrected chi connectivity index (χ2v) is 4.60. The minimum atomic E-state index is 0.0809. The van der Waals surface area contributed by atoms with E-state index < -0.39 is 0 Å². The van der Waals surface area contributed by atoms with E-state index in [1.54, 1.807) is 33.9 Å². The Morgan fingerprint density at radius 3 is 2.33 bits per heavy atom. The van der Waals surface area contributed by atoms with Crippen LogP contribution >= 0.6 is 0 Å². The molecule has 2 aromatic rings. The largest absolute Gasteiger partial charge is 0.493 e. The van der Waals surface area contributed by atoms with E-state index in [1.807, 2.05) is 25.2 Å². The maximum Gasteiger partial charge on any atom is 0.203 e. The lowest BCUT2D eigenvalue weighted by Gasteiger charge is -2.21. The first-order valence-electron chi connectivity index (χ1n) is 6.72. The molecule has 1 unspecified atom stereocenters. The normalized spacial score (nSPS) is 12.0. The van der Waals surface area contributed by atoms with Gasteiger partial charge in [0.1, 0.15) is 0 Å². The Hall–Kier alpha value is -2.14. The summed E-state index contributed by atoms with van der Waals surface area (Å²) in [6.45, 7) is 0. The summed E-state index contributed by atoms with van der Waals surface area (Å²) in [7, 11) is 6.76. The predicted molar refractivity (Wildman–Crippen MR) is 80.3 cm³/mol. The van der Waals surface area contributed by atoms with Crippen LogP contribution in [0.15, 0.2) is 35.1 Å². The Kier molecular flexibility index (Phi) is 5.11. The molecule has 0 aliphatic carbocycles. The molecular weight excluding hydrogens is 270 g/mol. The minimum absolute atomic E-state index is 0.0809. The van der Waals surface area contributed by atoms with Gasteiger partial charge in [-0.2, -0.15) is 0 Å². The maximum atomic E-state index is 5.54. The number of rotatable bonds is 7. The zero-order valence-corrected chi connectivity index (χ0v) is 12.8. The number of ether oxygens (including phenoxy) is 3. The number of hydrogen-bond acceptors (Lipinski definition) is 5. The Balaban J connectivity index is 2.40. The lowest BCUT2D eigenvalue weighted by molar-refractivity contribution is 0.319. The van der Waals surface area contributed by atoms with Crippen molar-refractivity contribution >= 4 is 0 Å². The lowest BCUT2D eigenvalue weighted by atomic mass is 9.99. The van der Waals surface area contributed by atoms with E-state index in [1.165, 1.54) is 0 Å². The zero-order valence-electron chi connectivity index (χ0n) is 12.8. The van der Waals surface area contributed by atoms with Gasteiger partial charge >= 0.3 is 0 Å². The minimum Gasteiger partial charge on any atom is -0.493 e. The molecule has 1 N–H and O–H groups in total. The molecule has 0 bridgehead atoms. The fourth-order valence-electron chi connectivity index (χ4n) is 2.41. The van der Waals surface area contributed by atoms with Gasteiger partial charge in [-0.25, -0.2) is 0 Å². The molecular formula is C16H21NO4. The van der Waals surface area contributed by atoms with Gasteiger partial charge in [0.15, 0.2) is 11.5 Å². The van der Waals surface area contributed by atoms with Gasteiger partial charge in [-0.05, 0) is 37.2 Å². The number of likely N-dealkylation sites (N-methyl/N-ethyl adjacent to an activating group) is 1. The number of benzene rings is 1. The van der Waals surface area contributed by atoms with E-state index in [0.717, 1.165) is 17.5 Å². The van der Waals surface area contributed by atoms with Crippen LogP contribution in [0.5, 0.6) is 17.2 Å². The first kappa shape index (κ1) is 15.3. The quantitative estimate of drug-likeness (QED) is 0.850. The monoisotopic (exact) mass is 291 g/mol. The molecule has 0 spiro atoms. The van der Waals surface area contributed by atoms with Crippen molar-refractivity contribution in [1.82, 2.24) is 5.32 Å². The van der Waals surface area contributed by atoms with Crippen molar-refractivity contribution in [3.05, 3.63) is 41.9 Å². The van der Waals surface area contributed by atoms with Crippen LogP contribution in [0.2, 0.25) is 0 Å². The summed E-state index contributed by atoms with van der Waals surface area (Å²) >= 11 is 0. The van der Waals surface area contributed by atoms with Gasteiger partial charge in [0.2, 0.25) is 5.75 Å². The Morgan fingerprint density at radius 1 is 1.05 bits per heavy atom. The lowest BCUT2D eigenvalue weighted by Crippen LogP contribution is -2.19. The molecule has 21 heavy (non-hydrogen) atoms. The molecule has 2 rings (SSSR count). The summed E-state index contributed by atoms with van der Waals surface area (Å²) in [4.78, 5) is 0. The molecule has 0 radical (unpaired) electrons. The van der Waals surface area contributed by atoms with Crippen molar-refractivity contribution in [2.24, 2.45) is 0 Å². The molecule has 1 aromatic heterocycles. The van der Waals surface area contributed by atoms with Crippen molar-refractivity contribution < 1.29 is 18.6 Å². The van der Waals surface area contributed by atoms with Gasteiger partial charge in [0.05, 0.1) is 33.9 Å². The highest BCUT2D eigenvalue weighted by Crippen LogP contribution is 2.42. The van der Waals surface area contributed by atoms with E-state index in [9.17, 15) is 0 Å². The van der Waals surface area contributed by atoms with Gasteiger partial charge in [-0.15, -0.1) is 0 Å². The van der Waals surface area contributed by atoms with E-state index in [0.29, 0.717) is 17.2 Å². The molecule has 0 amide bonds. The van der Waals surface area contributed by atoms with Gasteiger partial charge in [-0.3, -0.25) is 0 Å². The van der Waals surface area contributed by atoms with Crippen LogP contribution in [0.3, 0.4) is 0 Å². The zero-order chi connectivity index (χ0) is 15.2. The van der Waals surface area contributed by atoms with Crippen molar-refractivity contribution in [2.45, 2.75) is 12.5 Å². The predicted octanol–water partition coefficient (Wildman–Crippen LogP) is 2.81. The maximum absolute atomic E-state index is 5.54. The van der Waals surface area contributed by atoms with Crippen LogP contribution in [-0.2, 0) is 6.42 Å².